The van der Waals surface area contributed by atoms with Crippen LogP contribution in [0, 0.1) is 0 Å². The van der Waals surface area contributed by atoms with E-state index < -0.39 is 17.7 Å². The van der Waals surface area contributed by atoms with E-state index in [4.69, 9.17) is 4.74 Å². The molecule has 4 heteroatoms. The SMILES string of the molecule is CCN(C(=O)OC(C)(C)C)[C@@H](C)C=O. The monoisotopic (exact) mass is 201 g/mol. The van der Waals surface area contributed by atoms with Crippen molar-refractivity contribution in [2.75, 3.05) is 6.54 Å². The molecule has 0 fully saturated rings. The number of aldehydes is 1. The predicted molar refractivity (Wildman–Crippen MR) is 54.1 cm³/mol. The van der Waals surface area contributed by atoms with Crippen LogP contribution in [0.2, 0.25) is 0 Å². The van der Waals surface area contributed by atoms with Gasteiger partial charge in [-0.3, -0.25) is 4.90 Å². The predicted octanol–water partition coefficient (Wildman–Crippen LogP) is 1.83. The molecule has 0 aromatic heterocycles. The van der Waals surface area contributed by atoms with Crippen LogP contribution >= 0.6 is 0 Å². The number of carbonyl (C=O) groups is 2. The molecule has 0 heterocycles. The third-order valence-corrected chi connectivity index (χ3v) is 1.66. The molecule has 0 bridgehead atoms. The molecule has 0 aliphatic heterocycles. The Morgan fingerprint density at radius 2 is 2.00 bits per heavy atom. The van der Waals surface area contributed by atoms with Crippen molar-refractivity contribution in [3.8, 4) is 0 Å². The molecule has 0 saturated heterocycles. The molecule has 0 aromatic rings. The zero-order valence-electron chi connectivity index (χ0n) is 9.53. The van der Waals surface area contributed by atoms with Gasteiger partial charge in [-0.05, 0) is 34.6 Å². The summed E-state index contributed by atoms with van der Waals surface area (Å²) in [4.78, 5) is 23.4. The standard InChI is InChI=1S/C10H19NO3/c1-6-11(8(2)7-12)9(13)14-10(3,4)5/h7-8H,6H2,1-5H3/t8-/m0/s1. The average molecular weight is 201 g/mol. The Bertz CT molecular complexity index is 208. The van der Waals surface area contributed by atoms with E-state index in [0.717, 1.165) is 6.29 Å². The summed E-state index contributed by atoms with van der Waals surface area (Å²) in [5, 5.41) is 0. The number of ether oxygens (including phenoxy) is 1. The molecule has 82 valence electrons. The van der Waals surface area contributed by atoms with Crippen LogP contribution in [-0.2, 0) is 9.53 Å². The lowest BCUT2D eigenvalue weighted by atomic mass is 10.2. The Balaban J connectivity index is 4.40. The quantitative estimate of drug-likeness (QED) is 0.654. The Morgan fingerprint density at radius 3 is 2.29 bits per heavy atom. The summed E-state index contributed by atoms with van der Waals surface area (Å²) in [5.74, 6) is 0. The van der Waals surface area contributed by atoms with Gasteiger partial charge in [0, 0.05) is 6.54 Å². The van der Waals surface area contributed by atoms with Crippen molar-refractivity contribution in [1.29, 1.82) is 0 Å². The van der Waals surface area contributed by atoms with Gasteiger partial charge in [0.05, 0.1) is 6.04 Å². The zero-order chi connectivity index (χ0) is 11.4. The summed E-state index contributed by atoms with van der Waals surface area (Å²) in [5.41, 5.74) is -0.521. The van der Waals surface area contributed by atoms with Gasteiger partial charge < -0.3 is 9.53 Å². The lowest BCUT2D eigenvalue weighted by molar-refractivity contribution is -0.111. The number of hydrogen-bond acceptors (Lipinski definition) is 3. The average Bonchev–Trinajstić information content (AvgIpc) is 2.01. The maximum atomic E-state index is 11.5. The normalized spacial score (nSPS) is 13.2. The highest BCUT2D eigenvalue weighted by Gasteiger charge is 2.24. The second-order valence-electron chi connectivity index (χ2n) is 4.14. The van der Waals surface area contributed by atoms with Crippen molar-refractivity contribution < 1.29 is 14.3 Å². The van der Waals surface area contributed by atoms with Gasteiger partial charge in [0.15, 0.2) is 0 Å². The molecule has 0 saturated carbocycles. The van der Waals surface area contributed by atoms with Gasteiger partial charge in [0.2, 0.25) is 0 Å². The molecule has 0 aliphatic carbocycles. The molecule has 0 spiro atoms. The van der Waals surface area contributed by atoms with E-state index in [-0.39, 0.29) is 0 Å². The van der Waals surface area contributed by atoms with Gasteiger partial charge in [0.25, 0.3) is 0 Å². The Labute approximate surface area is 85.2 Å². The molecular weight excluding hydrogens is 182 g/mol. The molecule has 0 aromatic carbocycles. The molecule has 4 nitrogen and oxygen atoms in total. The number of hydrogen-bond donors (Lipinski definition) is 0. The number of amides is 1. The fourth-order valence-corrected chi connectivity index (χ4v) is 0.977. The minimum absolute atomic E-state index is 0.435. The molecule has 1 atom stereocenters. The molecule has 1 amide bonds. The van der Waals surface area contributed by atoms with Crippen molar-refractivity contribution >= 4 is 12.4 Å². The van der Waals surface area contributed by atoms with Gasteiger partial charge in [-0.25, -0.2) is 4.79 Å². The zero-order valence-corrected chi connectivity index (χ0v) is 9.53. The smallest absolute Gasteiger partial charge is 0.410 e. The van der Waals surface area contributed by atoms with Gasteiger partial charge in [0.1, 0.15) is 11.9 Å². The first-order valence-corrected chi connectivity index (χ1v) is 4.76. The largest absolute Gasteiger partial charge is 0.444 e. The lowest BCUT2D eigenvalue weighted by Gasteiger charge is -2.28. The van der Waals surface area contributed by atoms with Crippen molar-refractivity contribution in [3.63, 3.8) is 0 Å². The fraction of sp³-hybridized carbons (Fsp3) is 0.800. The van der Waals surface area contributed by atoms with Gasteiger partial charge >= 0.3 is 6.09 Å². The maximum absolute atomic E-state index is 11.5. The van der Waals surface area contributed by atoms with Crippen LogP contribution in [-0.4, -0.2) is 35.5 Å². The maximum Gasteiger partial charge on any atom is 0.410 e. The van der Waals surface area contributed by atoms with Crippen LogP contribution in [0.1, 0.15) is 34.6 Å². The highest BCUT2D eigenvalue weighted by atomic mass is 16.6. The second kappa shape index (κ2) is 4.98. The van der Waals surface area contributed by atoms with Crippen LogP contribution in [0.25, 0.3) is 0 Å². The Morgan fingerprint density at radius 1 is 1.50 bits per heavy atom. The van der Waals surface area contributed by atoms with Crippen molar-refractivity contribution in [2.45, 2.75) is 46.3 Å². The summed E-state index contributed by atoms with van der Waals surface area (Å²) >= 11 is 0. The summed E-state index contributed by atoms with van der Waals surface area (Å²) in [7, 11) is 0. The van der Waals surface area contributed by atoms with E-state index in [0.29, 0.717) is 6.54 Å². The highest BCUT2D eigenvalue weighted by Crippen LogP contribution is 2.11. The van der Waals surface area contributed by atoms with E-state index in [1.807, 2.05) is 6.92 Å². The van der Waals surface area contributed by atoms with E-state index in [9.17, 15) is 9.59 Å². The Hall–Kier alpha value is -1.06. The van der Waals surface area contributed by atoms with Crippen LogP contribution in [0.5, 0.6) is 0 Å². The molecule has 14 heavy (non-hydrogen) atoms. The van der Waals surface area contributed by atoms with Crippen molar-refractivity contribution in [1.82, 2.24) is 4.90 Å². The molecule has 0 radical (unpaired) electrons. The summed E-state index contributed by atoms with van der Waals surface area (Å²) in [6.07, 6.45) is 0.285. The summed E-state index contributed by atoms with van der Waals surface area (Å²) in [6.45, 7) is 9.33. The van der Waals surface area contributed by atoms with Crippen LogP contribution in [0.4, 0.5) is 4.79 Å². The third-order valence-electron chi connectivity index (χ3n) is 1.66. The summed E-state index contributed by atoms with van der Waals surface area (Å²) < 4.78 is 5.14. The van der Waals surface area contributed by atoms with Crippen LogP contribution in [0.15, 0.2) is 0 Å². The minimum Gasteiger partial charge on any atom is -0.444 e. The number of rotatable bonds is 3. The summed E-state index contributed by atoms with van der Waals surface area (Å²) in [6, 6.07) is -0.435. The van der Waals surface area contributed by atoms with Gasteiger partial charge in [-0.1, -0.05) is 0 Å². The third kappa shape index (κ3) is 4.25. The second-order valence-corrected chi connectivity index (χ2v) is 4.14. The first-order valence-electron chi connectivity index (χ1n) is 4.76. The van der Waals surface area contributed by atoms with E-state index >= 15 is 0 Å². The van der Waals surface area contributed by atoms with E-state index in [1.165, 1.54) is 4.90 Å². The molecule has 0 aliphatic rings. The molecule has 0 N–H and O–H groups in total. The van der Waals surface area contributed by atoms with Crippen molar-refractivity contribution in [3.05, 3.63) is 0 Å². The molecule has 0 unspecified atom stereocenters. The lowest BCUT2D eigenvalue weighted by Crippen LogP contribution is -2.42. The highest BCUT2D eigenvalue weighted by molar-refractivity contribution is 5.73. The van der Waals surface area contributed by atoms with Gasteiger partial charge in [-0.15, -0.1) is 0 Å². The van der Waals surface area contributed by atoms with Crippen LogP contribution in [0.3, 0.4) is 0 Å². The number of nitrogens with zero attached hydrogens (tertiary/aromatic N) is 1. The fourth-order valence-electron chi connectivity index (χ4n) is 0.977. The van der Waals surface area contributed by atoms with E-state index in [1.54, 1.807) is 27.7 Å². The van der Waals surface area contributed by atoms with E-state index in [2.05, 4.69) is 0 Å². The topological polar surface area (TPSA) is 46.6 Å². The van der Waals surface area contributed by atoms with Crippen LogP contribution < -0.4 is 0 Å². The first-order chi connectivity index (χ1) is 6.31. The number of carbonyl (C=O) groups excluding carboxylic acids is 2. The minimum atomic E-state index is -0.521. The first kappa shape index (κ1) is 12.9. The Kier molecular flexibility index (Phi) is 4.60. The molecular formula is C10H19NO3. The van der Waals surface area contributed by atoms with Gasteiger partial charge in [-0.2, -0.15) is 0 Å². The number of likely N-dealkylation sites (N-methyl/N-ethyl adjacent to an activating group) is 1. The van der Waals surface area contributed by atoms with Crippen molar-refractivity contribution in [2.24, 2.45) is 0 Å². The molecule has 0 rings (SSSR count).